The van der Waals surface area contributed by atoms with Gasteiger partial charge >= 0.3 is 0 Å². The van der Waals surface area contributed by atoms with E-state index < -0.39 is 6.10 Å². The van der Waals surface area contributed by atoms with Crippen molar-refractivity contribution < 1.29 is 23.4 Å². The number of amides is 1. The van der Waals surface area contributed by atoms with Gasteiger partial charge < -0.3 is 19.5 Å². The molecule has 0 bridgehead atoms. The summed E-state index contributed by atoms with van der Waals surface area (Å²) < 4.78 is 29.2. The third-order valence-corrected chi connectivity index (χ3v) is 4.02. The molecule has 0 aliphatic carbocycles. The van der Waals surface area contributed by atoms with Crippen molar-refractivity contribution in [2.45, 2.75) is 32.4 Å². The van der Waals surface area contributed by atoms with Crippen LogP contribution in [0.3, 0.4) is 0 Å². The maximum atomic E-state index is 13.0. The maximum Gasteiger partial charge on any atom is 0.261 e. The molecule has 0 fully saturated rings. The average Bonchev–Trinajstić information content (AvgIpc) is 2.66. The van der Waals surface area contributed by atoms with Gasteiger partial charge in [-0.05, 0) is 55.3 Å². The van der Waals surface area contributed by atoms with Gasteiger partial charge in [-0.1, -0.05) is 13.0 Å². The lowest BCUT2D eigenvalue weighted by atomic mass is 10.1. The molecule has 2 rings (SSSR count). The number of carbonyl (C=O) groups is 1. The largest absolute Gasteiger partial charge is 0.493 e. The molecular weight excluding hydrogens is 337 g/mol. The van der Waals surface area contributed by atoms with Crippen molar-refractivity contribution in [3.05, 3.63) is 53.8 Å². The minimum Gasteiger partial charge on any atom is -0.493 e. The molecule has 1 N–H and O–H groups in total. The molecule has 0 saturated carbocycles. The van der Waals surface area contributed by atoms with E-state index in [1.165, 1.54) is 24.3 Å². The Labute approximate surface area is 153 Å². The van der Waals surface area contributed by atoms with Crippen molar-refractivity contribution in [3.63, 3.8) is 0 Å². The quantitative estimate of drug-likeness (QED) is 0.775. The fraction of sp³-hybridized carbons (Fsp3) is 0.350. The second-order valence-corrected chi connectivity index (χ2v) is 5.81. The average molecular weight is 361 g/mol. The summed E-state index contributed by atoms with van der Waals surface area (Å²) in [6.07, 6.45) is -0.176. The first kappa shape index (κ1) is 19.6. The lowest BCUT2D eigenvalue weighted by Crippen LogP contribution is -2.39. The highest BCUT2D eigenvalue weighted by atomic mass is 19.1. The van der Waals surface area contributed by atoms with Crippen LogP contribution in [0.5, 0.6) is 17.2 Å². The van der Waals surface area contributed by atoms with E-state index in [9.17, 15) is 9.18 Å². The Balaban J connectivity index is 2.05. The molecule has 1 amide bonds. The number of carbonyl (C=O) groups excluding carboxylic acids is 1. The van der Waals surface area contributed by atoms with Gasteiger partial charge in [0.25, 0.3) is 5.91 Å². The Morgan fingerprint density at radius 3 is 2.31 bits per heavy atom. The smallest absolute Gasteiger partial charge is 0.261 e. The normalized spacial score (nSPS) is 12.8. The van der Waals surface area contributed by atoms with Gasteiger partial charge in [0.15, 0.2) is 17.6 Å². The molecule has 2 aromatic rings. The first-order valence-electron chi connectivity index (χ1n) is 8.43. The predicted octanol–water partition coefficient (Wildman–Crippen LogP) is 3.88. The zero-order chi connectivity index (χ0) is 19.1. The highest BCUT2D eigenvalue weighted by Gasteiger charge is 2.21. The van der Waals surface area contributed by atoms with E-state index in [4.69, 9.17) is 14.2 Å². The summed E-state index contributed by atoms with van der Waals surface area (Å²) in [5, 5.41) is 2.93. The zero-order valence-corrected chi connectivity index (χ0v) is 15.4. The number of rotatable bonds is 8. The van der Waals surface area contributed by atoms with Crippen LogP contribution in [-0.2, 0) is 4.79 Å². The number of hydrogen-bond acceptors (Lipinski definition) is 4. The molecule has 0 heterocycles. The third kappa shape index (κ3) is 4.88. The fourth-order valence-electron chi connectivity index (χ4n) is 2.51. The highest BCUT2D eigenvalue weighted by Crippen LogP contribution is 2.30. The Morgan fingerprint density at radius 1 is 1.08 bits per heavy atom. The minimum absolute atomic E-state index is 0.237. The Hall–Kier alpha value is -2.76. The maximum absolute atomic E-state index is 13.0. The molecule has 2 aromatic carbocycles. The summed E-state index contributed by atoms with van der Waals surface area (Å²) in [7, 11) is 3.13. The first-order valence-corrected chi connectivity index (χ1v) is 8.43. The summed E-state index contributed by atoms with van der Waals surface area (Å²) in [4.78, 5) is 12.5. The van der Waals surface area contributed by atoms with E-state index in [1.54, 1.807) is 20.3 Å². The standard InChI is InChI=1S/C20H24FNO4/c1-5-17(26-16-9-7-15(21)8-10-16)20(23)22-13(2)14-6-11-18(24-3)19(12-14)25-4/h6-13,17H,5H2,1-4H3,(H,22,23)/t13-,17+/m1/s1. The Bertz CT molecular complexity index is 733. The number of hydrogen-bond donors (Lipinski definition) is 1. The van der Waals surface area contributed by atoms with Gasteiger partial charge in [0.1, 0.15) is 11.6 Å². The van der Waals surface area contributed by atoms with Gasteiger partial charge in [-0.3, -0.25) is 4.79 Å². The fourth-order valence-corrected chi connectivity index (χ4v) is 2.51. The van der Waals surface area contributed by atoms with Crippen LogP contribution in [0.4, 0.5) is 4.39 Å². The molecular formula is C20H24FNO4. The van der Waals surface area contributed by atoms with Crippen molar-refractivity contribution in [3.8, 4) is 17.2 Å². The van der Waals surface area contributed by atoms with E-state index in [2.05, 4.69) is 5.32 Å². The number of ether oxygens (including phenoxy) is 3. The molecule has 0 radical (unpaired) electrons. The van der Waals surface area contributed by atoms with Crippen LogP contribution in [0.2, 0.25) is 0 Å². The van der Waals surface area contributed by atoms with E-state index in [-0.39, 0.29) is 17.8 Å². The van der Waals surface area contributed by atoms with Crippen LogP contribution < -0.4 is 19.5 Å². The number of benzene rings is 2. The molecule has 0 saturated heterocycles. The molecule has 26 heavy (non-hydrogen) atoms. The van der Waals surface area contributed by atoms with Crippen molar-refractivity contribution in [2.24, 2.45) is 0 Å². The SMILES string of the molecule is CC[C@H](Oc1ccc(F)cc1)C(=O)N[C@H](C)c1ccc(OC)c(OC)c1. The van der Waals surface area contributed by atoms with Gasteiger partial charge in [0, 0.05) is 0 Å². The molecule has 0 aliphatic heterocycles. The summed E-state index contributed by atoms with van der Waals surface area (Å²) in [6, 6.07) is 10.8. The monoisotopic (exact) mass is 361 g/mol. The van der Waals surface area contributed by atoms with E-state index >= 15 is 0 Å². The van der Waals surface area contributed by atoms with Crippen molar-refractivity contribution in [1.82, 2.24) is 5.32 Å². The summed E-state index contributed by atoms with van der Waals surface area (Å²) >= 11 is 0. The van der Waals surface area contributed by atoms with Crippen molar-refractivity contribution >= 4 is 5.91 Å². The molecule has 140 valence electrons. The van der Waals surface area contributed by atoms with Crippen LogP contribution in [0.25, 0.3) is 0 Å². The summed E-state index contributed by atoms with van der Waals surface area (Å²) in [6.45, 7) is 3.73. The van der Waals surface area contributed by atoms with Crippen molar-refractivity contribution in [1.29, 1.82) is 0 Å². The predicted molar refractivity (Wildman–Crippen MR) is 97.2 cm³/mol. The van der Waals surface area contributed by atoms with Gasteiger partial charge in [0.2, 0.25) is 0 Å². The van der Waals surface area contributed by atoms with E-state index in [0.717, 1.165) is 5.56 Å². The Morgan fingerprint density at radius 2 is 1.73 bits per heavy atom. The van der Waals surface area contributed by atoms with Gasteiger partial charge in [-0.25, -0.2) is 4.39 Å². The van der Waals surface area contributed by atoms with E-state index in [1.807, 2.05) is 26.0 Å². The number of halogens is 1. The van der Waals surface area contributed by atoms with Crippen LogP contribution in [0.1, 0.15) is 31.9 Å². The summed E-state index contributed by atoms with van der Waals surface area (Å²) in [5.74, 6) is 1.09. The van der Waals surface area contributed by atoms with Crippen LogP contribution in [0.15, 0.2) is 42.5 Å². The molecule has 6 heteroatoms. The topological polar surface area (TPSA) is 56.8 Å². The third-order valence-electron chi connectivity index (χ3n) is 4.02. The molecule has 0 aromatic heterocycles. The lowest BCUT2D eigenvalue weighted by Gasteiger charge is -2.21. The second-order valence-electron chi connectivity index (χ2n) is 5.81. The van der Waals surface area contributed by atoms with Crippen LogP contribution in [0, 0.1) is 5.82 Å². The van der Waals surface area contributed by atoms with Crippen LogP contribution in [-0.4, -0.2) is 26.2 Å². The van der Waals surface area contributed by atoms with Gasteiger partial charge in [-0.2, -0.15) is 0 Å². The van der Waals surface area contributed by atoms with Crippen molar-refractivity contribution in [2.75, 3.05) is 14.2 Å². The molecule has 5 nitrogen and oxygen atoms in total. The van der Waals surface area contributed by atoms with Gasteiger partial charge in [-0.15, -0.1) is 0 Å². The minimum atomic E-state index is -0.664. The second kappa shape index (κ2) is 9.08. The van der Waals surface area contributed by atoms with Gasteiger partial charge in [0.05, 0.1) is 20.3 Å². The molecule has 2 atom stereocenters. The Kier molecular flexibility index (Phi) is 6.83. The van der Waals surface area contributed by atoms with E-state index in [0.29, 0.717) is 23.7 Å². The van der Waals surface area contributed by atoms with Crippen LogP contribution >= 0.6 is 0 Å². The molecule has 0 aliphatic rings. The molecule has 0 unspecified atom stereocenters. The number of methoxy groups -OCH3 is 2. The zero-order valence-electron chi connectivity index (χ0n) is 15.4. The molecule has 0 spiro atoms. The summed E-state index contributed by atoms with van der Waals surface area (Å²) in [5.41, 5.74) is 0.882. The lowest BCUT2D eigenvalue weighted by molar-refractivity contribution is -0.128. The highest BCUT2D eigenvalue weighted by molar-refractivity contribution is 5.81. The first-order chi connectivity index (χ1) is 12.5. The number of nitrogens with one attached hydrogen (secondary N) is 1.